The van der Waals surface area contributed by atoms with Crippen LogP contribution in [0.2, 0.25) is 0 Å². The van der Waals surface area contributed by atoms with Crippen molar-refractivity contribution in [3.05, 3.63) is 34.4 Å². The van der Waals surface area contributed by atoms with Crippen molar-refractivity contribution in [2.24, 2.45) is 0 Å². The zero-order chi connectivity index (χ0) is 10.8. The fourth-order valence-corrected chi connectivity index (χ4v) is 2.17. The lowest BCUT2D eigenvalue weighted by atomic mass is 10.1. The smallest absolute Gasteiger partial charge is 0.134 e. The molecule has 3 heteroatoms. The van der Waals surface area contributed by atoms with Crippen LogP contribution in [0.15, 0.2) is 28.9 Å². The number of halogens is 1. The van der Waals surface area contributed by atoms with Crippen LogP contribution in [-0.4, -0.2) is 11.5 Å². The summed E-state index contributed by atoms with van der Waals surface area (Å²) in [6.45, 7) is 5.07. The normalized spacial score (nSPS) is 10.6. The number of nitrogens with one attached hydrogen (secondary N) is 1. The van der Waals surface area contributed by atoms with E-state index in [0.717, 1.165) is 16.8 Å². The predicted molar refractivity (Wildman–Crippen MR) is 68.3 cm³/mol. The Balaban J connectivity index is 2.78. The second-order valence-electron chi connectivity index (χ2n) is 3.48. The van der Waals surface area contributed by atoms with E-state index in [1.807, 2.05) is 6.20 Å². The molecule has 0 bridgehead atoms. The summed E-state index contributed by atoms with van der Waals surface area (Å²) >= 11 is 3.53. The molecule has 78 valence electrons. The van der Waals surface area contributed by atoms with Crippen LogP contribution in [0.3, 0.4) is 0 Å². The second kappa shape index (κ2) is 4.19. The first kappa shape index (κ1) is 10.4. The third-order valence-corrected chi connectivity index (χ3v) is 3.05. The molecule has 0 spiro atoms. The minimum Gasteiger partial charge on any atom is -0.370 e. The Morgan fingerprint density at radius 2 is 2.20 bits per heavy atom. The summed E-state index contributed by atoms with van der Waals surface area (Å²) in [4.78, 5) is 4.40. The van der Waals surface area contributed by atoms with Crippen LogP contribution in [-0.2, 0) is 0 Å². The number of aryl methyl sites for hydroxylation is 1. The maximum absolute atomic E-state index is 4.40. The van der Waals surface area contributed by atoms with Crippen LogP contribution in [0.5, 0.6) is 0 Å². The van der Waals surface area contributed by atoms with Gasteiger partial charge in [0, 0.05) is 28.0 Å². The van der Waals surface area contributed by atoms with Gasteiger partial charge in [0.15, 0.2) is 0 Å². The van der Waals surface area contributed by atoms with E-state index in [9.17, 15) is 0 Å². The average Bonchev–Trinajstić information content (AvgIpc) is 2.23. The van der Waals surface area contributed by atoms with Gasteiger partial charge < -0.3 is 5.32 Å². The maximum atomic E-state index is 4.40. The fourth-order valence-electron chi connectivity index (χ4n) is 1.74. The minimum absolute atomic E-state index is 0.887. The average molecular weight is 265 g/mol. The Morgan fingerprint density at radius 3 is 2.93 bits per heavy atom. The van der Waals surface area contributed by atoms with E-state index in [4.69, 9.17) is 0 Å². The molecule has 0 aliphatic carbocycles. The van der Waals surface area contributed by atoms with E-state index in [1.54, 1.807) is 0 Å². The Labute approximate surface area is 97.8 Å². The minimum atomic E-state index is 0.887. The third kappa shape index (κ3) is 1.84. The Bertz CT molecular complexity index is 494. The molecule has 0 amide bonds. The topological polar surface area (TPSA) is 24.9 Å². The largest absolute Gasteiger partial charge is 0.370 e. The highest BCUT2D eigenvalue weighted by Gasteiger charge is 2.06. The van der Waals surface area contributed by atoms with Gasteiger partial charge in [-0.1, -0.05) is 18.2 Å². The monoisotopic (exact) mass is 264 g/mol. The van der Waals surface area contributed by atoms with Gasteiger partial charge in [0.2, 0.25) is 0 Å². The van der Waals surface area contributed by atoms with Gasteiger partial charge >= 0.3 is 0 Å². The number of hydrogen-bond acceptors (Lipinski definition) is 2. The number of aromatic nitrogens is 1. The summed E-state index contributed by atoms with van der Waals surface area (Å²) in [6.07, 6.45) is 1.85. The molecule has 2 nitrogen and oxygen atoms in total. The summed E-state index contributed by atoms with van der Waals surface area (Å²) < 4.78 is 1.04. The van der Waals surface area contributed by atoms with Gasteiger partial charge in [-0.3, -0.25) is 0 Å². The molecule has 0 radical (unpaired) electrons. The summed E-state index contributed by atoms with van der Waals surface area (Å²) in [5.41, 5.74) is 1.25. The Kier molecular flexibility index (Phi) is 2.91. The molecule has 0 fully saturated rings. The van der Waals surface area contributed by atoms with E-state index in [1.165, 1.54) is 16.3 Å². The van der Waals surface area contributed by atoms with Crippen LogP contribution < -0.4 is 5.32 Å². The zero-order valence-electron chi connectivity index (χ0n) is 8.84. The molecular weight excluding hydrogens is 252 g/mol. The number of fused-ring (bicyclic) bond motifs is 1. The highest BCUT2D eigenvalue weighted by Crippen LogP contribution is 2.30. The molecule has 1 N–H and O–H groups in total. The fraction of sp³-hybridized carbons (Fsp3) is 0.250. The quantitative estimate of drug-likeness (QED) is 0.894. The summed E-state index contributed by atoms with van der Waals surface area (Å²) in [7, 11) is 0. The van der Waals surface area contributed by atoms with Gasteiger partial charge in [-0.05, 0) is 35.3 Å². The van der Waals surface area contributed by atoms with Crippen molar-refractivity contribution in [2.75, 3.05) is 11.9 Å². The SMILES string of the molecule is CCNc1ncc(Br)c2cccc(C)c12. The van der Waals surface area contributed by atoms with Crippen LogP contribution >= 0.6 is 15.9 Å². The Morgan fingerprint density at radius 1 is 1.40 bits per heavy atom. The molecule has 0 atom stereocenters. The predicted octanol–water partition coefficient (Wildman–Crippen LogP) is 3.74. The third-order valence-electron chi connectivity index (χ3n) is 2.42. The summed E-state index contributed by atoms with van der Waals surface area (Å²) in [5.74, 6) is 0.966. The summed E-state index contributed by atoms with van der Waals surface area (Å²) in [5, 5.41) is 5.70. The van der Waals surface area contributed by atoms with Crippen LogP contribution in [0.1, 0.15) is 12.5 Å². The van der Waals surface area contributed by atoms with E-state index in [-0.39, 0.29) is 0 Å². The highest BCUT2D eigenvalue weighted by molar-refractivity contribution is 9.10. The molecule has 2 aromatic rings. The number of benzene rings is 1. The van der Waals surface area contributed by atoms with Gasteiger partial charge in [0.1, 0.15) is 5.82 Å². The molecule has 0 aliphatic heterocycles. The summed E-state index contributed by atoms with van der Waals surface area (Å²) in [6, 6.07) is 6.28. The Hall–Kier alpha value is -1.09. The maximum Gasteiger partial charge on any atom is 0.134 e. The number of hydrogen-bond donors (Lipinski definition) is 1. The standard InChI is InChI=1S/C12H13BrN2/c1-3-14-12-11-8(2)5-4-6-9(11)10(13)7-15-12/h4-7H,3H2,1-2H3,(H,14,15). The van der Waals surface area contributed by atoms with Crippen molar-refractivity contribution in [1.82, 2.24) is 4.98 Å². The van der Waals surface area contributed by atoms with Crippen molar-refractivity contribution in [2.45, 2.75) is 13.8 Å². The first-order chi connectivity index (χ1) is 7.24. The van der Waals surface area contributed by atoms with Crippen LogP contribution in [0, 0.1) is 6.92 Å². The lowest BCUT2D eigenvalue weighted by Gasteiger charge is -2.10. The second-order valence-corrected chi connectivity index (χ2v) is 4.34. The molecule has 0 unspecified atom stereocenters. The molecule has 0 aliphatic rings. The molecule has 0 saturated carbocycles. The van der Waals surface area contributed by atoms with Gasteiger partial charge in [0.05, 0.1) is 0 Å². The molecule has 0 saturated heterocycles. The van der Waals surface area contributed by atoms with E-state index >= 15 is 0 Å². The number of anilines is 1. The molecule has 15 heavy (non-hydrogen) atoms. The van der Waals surface area contributed by atoms with E-state index in [0.29, 0.717) is 0 Å². The highest BCUT2D eigenvalue weighted by atomic mass is 79.9. The van der Waals surface area contributed by atoms with Crippen molar-refractivity contribution in [3.63, 3.8) is 0 Å². The van der Waals surface area contributed by atoms with Gasteiger partial charge in [0.25, 0.3) is 0 Å². The van der Waals surface area contributed by atoms with Crippen LogP contribution in [0.25, 0.3) is 10.8 Å². The molecule has 1 aromatic carbocycles. The lowest BCUT2D eigenvalue weighted by Crippen LogP contribution is -2.00. The van der Waals surface area contributed by atoms with Crippen molar-refractivity contribution < 1.29 is 0 Å². The van der Waals surface area contributed by atoms with Crippen LogP contribution in [0.4, 0.5) is 5.82 Å². The molecular formula is C12H13BrN2. The molecule has 1 aromatic heterocycles. The van der Waals surface area contributed by atoms with Gasteiger partial charge in [-0.25, -0.2) is 4.98 Å². The van der Waals surface area contributed by atoms with Crippen molar-refractivity contribution in [3.8, 4) is 0 Å². The number of rotatable bonds is 2. The first-order valence-corrected chi connectivity index (χ1v) is 5.81. The number of pyridine rings is 1. The van der Waals surface area contributed by atoms with Crippen molar-refractivity contribution >= 4 is 32.5 Å². The van der Waals surface area contributed by atoms with E-state index in [2.05, 4.69) is 58.3 Å². The van der Waals surface area contributed by atoms with E-state index < -0.39 is 0 Å². The molecule has 2 rings (SSSR count). The zero-order valence-corrected chi connectivity index (χ0v) is 10.4. The first-order valence-electron chi connectivity index (χ1n) is 5.01. The molecule has 1 heterocycles. The lowest BCUT2D eigenvalue weighted by molar-refractivity contribution is 1.17. The van der Waals surface area contributed by atoms with Gasteiger partial charge in [-0.15, -0.1) is 0 Å². The number of nitrogens with zero attached hydrogens (tertiary/aromatic N) is 1. The van der Waals surface area contributed by atoms with Crippen molar-refractivity contribution in [1.29, 1.82) is 0 Å². The van der Waals surface area contributed by atoms with Gasteiger partial charge in [-0.2, -0.15) is 0 Å².